The number of nitrogens with two attached hydrogens (primary N) is 1. The molecule has 4 N–H and O–H groups in total. The number of hydrogen-bond donors (Lipinski definition) is 3. The van der Waals surface area contributed by atoms with Gasteiger partial charge in [0.2, 0.25) is 23.5 Å². The van der Waals surface area contributed by atoms with E-state index in [0.717, 1.165) is 75.4 Å². The van der Waals surface area contributed by atoms with Crippen molar-refractivity contribution in [2.24, 2.45) is 11.7 Å². The van der Waals surface area contributed by atoms with Crippen molar-refractivity contribution >= 4 is 17.8 Å². The summed E-state index contributed by atoms with van der Waals surface area (Å²) in [6.07, 6.45) is 10.4. The first-order chi connectivity index (χ1) is 44.1. The second kappa shape index (κ2) is 39.4. The van der Waals surface area contributed by atoms with Gasteiger partial charge in [0.1, 0.15) is 24.1 Å². The quantitative estimate of drug-likeness (QED) is 0.0165. The van der Waals surface area contributed by atoms with Gasteiger partial charge in [-0.15, -0.1) is 10.2 Å². The topological polar surface area (TPSA) is 239 Å². The van der Waals surface area contributed by atoms with Crippen LogP contribution in [0.25, 0.3) is 0 Å². The van der Waals surface area contributed by atoms with Crippen LogP contribution in [0, 0.1) is 30.3 Å². The van der Waals surface area contributed by atoms with Crippen molar-refractivity contribution in [3.8, 4) is 11.5 Å². The Balaban J connectivity index is 0.649. The Labute approximate surface area is 530 Å². The lowest BCUT2D eigenvalue weighted by atomic mass is 9.86. The van der Waals surface area contributed by atoms with E-state index < -0.39 is 35.1 Å². The number of rotatable bonds is 43. The van der Waals surface area contributed by atoms with Crippen molar-refractivity contribution in [2.45, 2.75) is 127 Å². The van der Waals surface area contributed by atoms with E-state index in [2.05, 4.69) is 58.7 Å². The molecule has 1 aliphatic carbocycles. The summed E-state index contributed by atoms with van der Waals surface area (Å²) in [5, 5.41) is 15.8. The number of anilines is 1. The number of alkyl halides is 2. The van der Waals surface area contributed by atoms with Crippen LogP contribution in [0.4, 0.5) is 27.9 Å². The fourth-order valence-corrected chi connectivity index (χ4v) is 11.4. The standard InChI is InChI=1S/C64H93F5N10O12/c1-46-9-10-54(78(46)22-15-58(49-7-5-4-6-8-49)74-62(81)51-11-17-64(68,69)18-12-51)39-47(2)79-48(3)75-76-61(79)50-13-20-77(21-14-50)63-72-43-55(44-73-63)90-45-53(70)42-71-19-24-83-26-28-85-30-32-87-34-36-89-38-37-88-35-33-86-31-29-84-27-25-82-23-16-59(80)91-60-56(66)40-52(65)41-57(60)67/h4-8,40-44,46-47,50-51,54,58,71H,9-39,45,70H2,1-3H3,(H,74,81)/b53-42-. The van der Waals surface area contributed by atoms with Crippen LogP contribution in [0.3, 0.4) is 0 Å². The SMILES string of the molecule is Cc1nnc(C2CCN(c3ncc(OC/C(N)=C/NCCOCCOCCOCCOCCOCCOCCOCCOCCC(=O)Oc4c(F)cc(F)cc4F)cn3)CC2)n1C(C)CC1CCC(C)N1CCC(NC(=O)C1CCC(F)(F)CC1)c1ccccc1. The van der Waals surface area contributed by atoms with Crippen LogP contribution >= 0.6 is 0 Å². The van der Waals surface area contributed by atoms with E-state index in [4.69, 9.17) is 53.5 Å². The molecule has 0 bridgehead atoms. The minimum Gasteiger partial charge on any atom is -0.484 e. The van der Waals surface area contributed by atoms with Gasteiger partial charge < -0.3 is 73.2 Å². The summed E-state index contributed by atoms with van der Waals surface area (Å²) in [7, 11) is 0. The minimum atomic E-state index is -2.68. The van der Waals surface area contributed by atoms with E-state index >= 15 is 0 Å². The van der Waals surface area contributed by atoms with Crippen molar-refractivity contribution < 1.29 is 78.9 Å². The highest BCUT2D eigenvalue weighted by Crippen LogP contribution is 2.38. The fraction of sp³-hybridized carbons (Fsp3) is 0.656. The molecule has 0 radical (unpaired) electrons. The van der Waals surface area contributed by atoms with E-state index in [-0.39, 0.29) is 88.4 Å². The van der Waals surface area contributed by atoms with Crippen LogP contribution in [-0.4, -0.2) is 198 Å². The number of carbonyl (C=O) groups excluding carboxylic acids is 2. The monoisotopic (exact) mass is 1290 g/mol. The third kappa shape index (κ3) is 25.3. The van der Waals surface area contributed by atoms with E-state index in [9.17, 15) is 31.5 Å². The number of carbonyl (C=O) groups is 2. The number of benzene rings is 2. The maximum atomic E-state index is 13.9. The van der Waals surface area contributed by atoms with Gasteiger partial charge in [-0.3, -0.25) is 14.5 Å². The number of halogens is 5. The number of likely N-dealkylation sites (tertiary alicyclic amines) is 1. The van der Waals surface area contributed by atoms with Crippen LogP contribution in [0.2, 0.25) is 0 Å². The number of amides is 1. The number of hydrogen-bond acceptors (Lipinski definition) is 20. The van der Waals surface area contributed by atoms with Crippen LogP contribution in [-0.2, 0) is 47.5 Å². The highest BCUT2D eigenvalue weighted by Gasteiger charge is 2.39. The molecule has 3 aliphatic rings. The van der Waals surface area contributed by atoms with Gasteiger partial charge in [0.25, 0.3) is 0 Å². The van der Waals surface area contributed by atoms with E-state index in [1.165, 1.54) is 0 Å². The number of ether oxygens (including phenoxy) is 10. The molecule has 4 heterocycles. The Kier molecular flexibility index (Phi) is 31.3. The minimum absolute atomic E-state index is 0.0485. The zero-order valence-electron chi connectivity index (χ0n) is 52.9. The Morgan fingerprint density at radius 2 is 1.29 bits per heavy atom. The zero-order valence-corrected chi connectivity index (χ0v) is 52.9. The smallest absolute Gasteiger partial charge is 0.313 e. The summed E-state index contributed by atoms with van der Waals surface area (Å²) < 4.78 is 125. The van der Waals surface area contributed by atoms with Gasteiger partial charge in [0.05, 0.1) is 136 Å². The molecule has 4 atom stereocenters. The summed E-state index contributed by atoms with van der Waals surface area (Å²) in [5.74, 6) is -5.45. The Morgan fingerprint density at radius 1 is 0.736 bits per heavy atom. The average Bonchev–Trinajstić information content (AvgIpc) is 1.81. The van der Waals surface area contributed by atoms with Crippen LogP contribution in [0.1, 0.15) is 120 Å². The Morgan fingerprint density at radius 3 is 1.86 bits per heavy atom. The van der Waals surface area contributed by atoms with E-state index in [0.29, 0.717) is 134 Å². The predicted octanol–water partition coefficient (Wildman–Crippen LogP) is 7.95. The number of aryl methyl sites for hydroxylation is 1. The molecule has 4 unspecified atom stereocenters. The van der Waals surface area contributed by atoms with Crippen LogP contribution < -0.4 is 30.7 Å². The van der Waals surface area contributed by atoms with E-state index in [1.54, 1.807) is 18.6 Å². The van der Waals surface area contributed by atoms with Crippen LogP contribution in [0.15, 0.2) is 66.8 Å². The zero-order chi connectivity index (χ0) is 64.6. The van der Waals surface area contributed by atoms with Crippen molar-refractivity contribution in [2.75, 3.05) is 143 Å². The lowest BCUT2D eigenvalue weighted by molar-refractivity contribution is -0.136. The highest BCUT2D eigenvalue weighted by molar-refractivity contribution is 5.79. The van der Waals surface area contributed by atoms with Crippen molar-refractivity contribution in [3.63, 3.8) is 0 Å². The lowest BCUT2D eigenvalue weighted by Crippen LogP contribution is -2.41. The molecule has 22 nitrogen and oxygen atoms in total. The molecular formula is C64H93F5N10O12. The van der Waals surface area contributed by atoms with Gasteiger partial charge in [-0.25, -0.2) is 31.9 Å². The first kappa shape index (κ1) is 72.3. The summed E-state index contributed by atoms with van der Waals surface area (Å²) in [6, 6.07) is 11.6. The van der Waals surface area contributed by atoms with Crippen molar-refractivity contribution in [3.05, 3.63) is 101 Å². The van der Waals surface area contributed by atoms with Gasteiger partial charge in [-0.05, 0) is 77.7 Å². The second-order valence-electron chi connectivity index (χ2n) is 23.0. The number of piperidine rings is 1. The molecule has 1 amide bonds. The lowest BCUT2D eigenvalue weighted by Gasteiger charge is -2.34. The number of esters is 1. The van der Waals surface area contributed by atoms with Crippen molar-refractivity contribution in [1.29, 1.82) is 0 Å². The number of nitrogens with one attached hydrogen (secondary N) is 2. The maximum absolute atomic E-state index is 13.9. The molecule has 7 rings (SSSR count). The molecule has 4 aromatic rings. The molecule has 2 aliphatic heterocycles. The summed E-state index contributed by atoms with van der Waals surface area (Å²) in [4.78, 5) is 39.2. The van der Waals surface area contributed by atoms with Crippen LogP contribution in [0.5, 0.6) is 11.5 Å². The van der Waals surface area contributed by atoms with E-state index in [1.807, 2.05) is 37.3 Å². The van der Waals surface area contributed by atoms with Gasteiger partial charge in [-0.1, -0.05) is 30.3 Å². The van der Waals surface area contributed by atoms with Gasteiger partial charge in [-0.2, -0.15) is 0 Å². The number of nitrogens with zero attached hydrogens (tertiary/aromatic N) is 7. The molecule has 2 aromatic carbocycles. The summed E-state index contributed by atoms with van der Waals surface area (Å²) >= 11 is 0. The second-order valence-corrected chi connectivity index (χ2v) is 23.0. The predicted molar refractivity (Wildman–Crippen MR) is 327 cm³/mol. The fourth-order valence-electron chi connectivity index (χ4n) is 11.4. The molecule has 3 fully saturated rings. The largest absolute Gasteiger partial charge is 0.484 e. The first-order valence-corrected chi connectivity index (χ1v) is 31.9. The maximum Gasteiger partial charge on any atom is 0.313 e. The van der Waals surface area contributed by atoms with Gasteiger partial charge in [0, 0.05) is 87.3 Å². The Bertz CT molecular complexity index is 2740. The highest BCUT2D eigenvalue weighted by atomic mass is 19.3. The molecule has 27 heteroatoms. The molecular weight excluding hydrogens is 1200 g/mol. The summed E-state index contributed by atoms with van der Waals surface area (Å²) in [5.41, 5.74) is 7.72. The average molecular weight is 1290 g/mol. The molecule has 506 valence electrons. The normalized spacial score (nSPS) is 18.2. The third-order valence-electron chi connectivity index (χ3n) is 16.3. The third-order valence-corrected chi connectivity index (χ3v) is 16.3. The van der Waals surface area contributed by atoms with Gasteiger partial charge >= 0.3 is 5.97 Å². The van der Waals surface area contributed by atoms with Gasteiger partial charge in [0.15, 0.2) is 17.4 Å². The molecule has 91 heavy (non-hydrogen) atoms. The first-order valence-electron chi connectivity index (χ1n) is 31.9. The van der Waals surface area contributed by atoms with Crippen molar-refractivity contribution in [1.82, 2.24) is 40.3 Å². The number of aromatic nitrogens is 5. The molecule has 2 aromatic heterocycles. The summed E-state index contributed by atoms with van der Waals surface area (Å²) in [6.45, 7) is 15.4. The molecule has 2 saturated heterocycles. The Hall–Kier alpha value is -6.17. The molecule has 0 spiro atoms. The molecule has 1 saturated carbocycles.